The number of piperidine rings is 1. The van der Waals surface area contributed by atoms with Gasteiger partial charge in [0.1, 0.15) is 12.2 Å². The van der Waals surface area contributed by atoms with Crippen LogP contribution in [0.1, 0.15) is 90.9 Å². The maximum atomic E-state index is 14.1. The summed E-state index contributed by atoms with van der Waals surface area (Å²) < 4.78 is 23.5. The number of carbonyl (C=O) groups is 2. The van der Waals surface area contributed by atoms with Crippen LogP contribution in [0.25, 0.3) is 0 Å². The number of likely N-dealkylation sites (tertiary alicyclic amines) is 1. The predicted molar refractivity (Wildman–Crippen MR) is 251 cm³/mol. The molecule has 384 valence electrons. The highest BCUT2D eigenvalue weighted by Gasteiger charge is 2.51. The molecule has 8 unspecified atom stereocenters. The molecule has 3 saturated heterocycles. The van der Waals surface area contributed by atoms with E-state index in [1.165, 1.54) is 0 Å². The molecule has 0 aliphatic carbocycles. The molecule has 4 aliphatic rings. The number of carbonyl (C=O) groups excluding carboxylic acids is 2. The number of allylic oxidation sites excluding steroid dienone is 12. The van der Waals surface area contributed by atoms with E-state index in [4.69, 9.17) is 24.7 Å². The van der Waals surface area contributed by atoms with Crippen molar-refractivity contribution in [3.63, 3.8) is 0 Å². The first-order valence-corrected chi connectivity index (χ1v) is 24.1. The van der Waals surface area contributed by atoms with Gasteiger partial charge in [0.25, 0.3) is 0 Å². The molecular weight excluding hydrogens is 885 g/mol. The molecule has 0 aromatic carbocycles. The third-order valence-corrected chi connectivity index (χ3v) is 12.7. The van der Waals surface area contributed by atoms with Gasteiger partial charge in [0.15, 0.2) is 12.1 Å². The van der Waals surface area contributed by atoms with Gasteiger partial charge in [0, 0.05) is 51.1 Å². The number of ether oxygens (including phenoxy) is 4. The van der Waals surface area contributed by atoms with Gasteiger partial charge in [0.05, 0.1) is 86.0 Å². The Bertz CT molecular complexity index is 1730. The molecule has 18 heteroatoms. The van der Waals surface area contributed by atoms with E-state index >= 15 is 0 Å². The first-order valence-electron chi connectivity index (χ1n) is 24.1. The van der Waals surface area contributed by atoms with Gasteiger partial charge in [-0.05, 0) is 45.4 Å². The Morgan fingerprint density at radius 2 is 1.28 bits per heavy atom. The number of hydrogen-bond acceptors (Lipinski definition) is 17. The summed E-state index contributed by atoms with van der Waals surface area (Å²) >= 11 is 0. The van der Waals surface area contributed by atoms with Gasteiger partial charge in [-0.15, -0.1) is 0 Å². The number of fused-ring (bicyclic) bond motifs is 2. The van der Waals surface area contributed by atoms with Crippen LogP contribution in [0, 0.1) is 11.8 Å². The van der Waals surface area contributed by atoms with Crippen LogP contribution in [0.2, 0.25) is 0 Å². The lowest BCUT2D eigenvalue weighted by atomic mass is 9.81. The average molecular weight is 963 g/mol. The van der Waals surface area contributed by atoms with E-state index in [1.54, 1.807) is 54.4 Å². The molecule has 0 aromatic heterocycles. The number of cyclic esters (lactones) is 1. The van der Waals surface area contributed by atoms with E-state index in [0.29, 0.717) is 13.1 Å². The maximum absolute atomic E-state index is 14.1. The van der Waals surface area contributed by atoms with Gasteiger partial charge in [-0.25, -0.2) is 0 Å². The molecule has 1 amide bonds. The van der Waals surface area contributed by atoms with E-state index in [0.717, 1.165) is 19.3 Å². The number of aliphatic hydroxyl groups excluding tert-OH is 9. The fourth-order valence-electron chi connectivity index (χ4n) is 8.82. The second-order valence-electron chi connectivity index (χ2n) is 18.7. The molecule has 0 saturated carbocycles. The van der Waals surface area contributed by atoms with E-state index in [2.05, 4.69) is 0 Å². The number of rotatable bonds is 3. The summed E-state index contributed by atoms with van der Waals surface area (Å²) in [6.07, 6.45) is 9.10. The zero-order valence-electron chi connectivity index (χ0n) is 39.4. The quantitative estimate of drug-likeness (QED) is 0.176. The van der Waals surface area contributed by atoms with Gasteiger partial charge in [-0.3, -0.25) is 9.59 Å². The third-order valence-electron chi connectivity index (χ3n) is 12.7. The average Bonchev–Trinajstić information content (AvgIpc) is 3.27. The highest BCUT2D eigenvalue weighted by molar-refractivity contribution is 5.80. The SMILES string of the molecule is C[C@H]1C[C@H](O)[C@@H](C)/C=C/C=C/C=C/C=C/C=C/C=C/C=C/C(O[C@@H]2OC[C@@H](O)[C@H](N)[C@@H]2O)C[C@@H]2OC(O)(CC(O)CC(O)C(O)CCC(O)CC(O)CC(=O)O1)C[C@H](O)C2C(=O)N1CCCCC1. The fourth-order valence-corrected chi connectivity index (χ4v) is 8.82. The van der Waals surface area contributed by atoms with Crippen molar-refractivity contribution >= 4 is 11.9 Å². The van der Waals surface area contributed by atoms with Crippen LogP contribution in [-0.4, -0.2) is 179 Å². The van der Waals surface area contributed by atoms with Crippen LogP contribution in [0.5, 0.6) is 0 Å². The minimum absolute atomic E-state index is 0.0794. The Kier molecular flexibility index (Phi) is 24.4. The van der Waals surface area contributed by atoms with Crippen LogP contribution in [-0.2, 0) is 28.5 Å². The lowest BCUT2D eigenvalue weighted by Gasteiger charge is -2.47. The molecule has 0 spiro atoms. The number of amides is 1. The number of esters is 1. The fraction of sp³-hybridized carbons (Fsp3) is 0.680. The topological polar surface area (TPSA) is 303 Å². The van der Waals surface area contributed by atoms with Crippen molar-refractivity contribution in [2.75, 3.05) is 19.7 Å². The standard InChI is InChI=1S/C50H78N2O16/c1-32-18-14-11-9-7-5-3-4-6-8-10-12-15-19-37(67-49-47(62)46(51)42(60)31-65-49)28-43-45(48(63)52-22-16-13-17-23-52)41(59)30-50(64,68-43)29-36(55)26-40(58)38(56)21-20-34(53)25-35(54)27-44(61)66-33(2)24-39(32)57/h3-12,14-15,18-19,32-43,45-47,49,53-60,62,64H,13,16-17,20-31,51H2,1-2H3/b4-3+,7-5+,8-6+,11-9+,12-10+,18-14+,19-15+/t32-,33-,34?,35?,36?,37?,38?,39-,40?,41-,42+,43-,45?,46-,47-,49-,50?/m0/s1. The number of aliphatic hydroxyl groups is 10. The maximum Gasteiger partial charge on any atom is 0.308 e. The van der Waals surface area contributed by atoms with Gasteiger partial charge in [-0.1, -0.05) is 92.0 Å². The molecule has 0 radical (unpaired) electrons. The van der Waals surface area contributed by atoms with Crippen molar-refractivity contribution in [3.05, 3.63) is 85.1 Å². The number of nitrogens with zero attached hydrogens (tertiary/aromatic N) is 1. The van der Waals surface area contributed by atoms with Crippen molar-refractivity contribution in [2.24, 2.45) is 17.6 Å². The first-order chi connectivity index (χ1) is 32.3. The van der Waals surface area contributed by atoms with Crippen molar-refractivity contribution in [1.29, 1.82) is 0 Å². The molecule has 18 nitrogen and oxygen atoms in total. The summed E-state index contributed by atoms with van der Waals surface area (Å²) in [5.74, 6) is -4.75. The second kappa shape index (κ2) is 29.0. The largest absolute Gasteiger partial charge is 0.462 e. The second-order valence-corrected chi connectivity index (χ2v) is 18.7. The van der Waals surface area contributed by atoms with Crippen molar-refractivity contribution in [2.45, 2.75) is 182 Å². The smallest absolute Gasteiger partial charge is 0.308 e. The summed E-state index contributed by atoms with van der Waals surface area (Å²) in [6, 6.07) is -1.09. The van der Waals surface area contributed by atoms with Crippen LogP contribution in [0.4, 0.5) is 0 Å². The Hall–Kier alpha value is -3.44. The van der Waals surface area contributed by atoms with E-state index in [9.17, 15) is 60.7 Å². The van der Waals surface area contributed by atoms with Gasteiger partial charge in [-0.2, -0.15) is 0 Å². The van der Waals surface area contributed by atoms with E-state index < -0.39 is 129 Å². The van der Waals surface area contributed by atoms with Crippen molar-refractivity contribution < 1.29 is 79.6 Å². The molecular formula is C50H78N2O16. The summed E-state index contributed by atoms with van der Waals surface area (Å²) in [6.45, 7) is 4.18. The Morgan fingerprint density at radius 3 is 1.91 bits per heavy atom. The van der Waals surface area contributed by atoms with Crippen LogP contribution in [0.3, 0.4) is 0 Å². The molecule has 0 aromatic rings. The molecule has 4 aliphatic heterocycles. The van der Waals surface area contributed by atoms with Crippen LogP contribution < -0.4 is 5.73 Å². The minimum atomic E-state index is -2.23. The molecule has 17 atom stereocenters. The van der Waals surface area contributed by atoms with Gasteiger partial charge in [0.2, 0.25) is 5.91 Å². The Labute approximate surface area is 400 Å². The summed E-state index contributed by atoms with van der Waals surface area (Å²) in [4.78, 5) is 28.3. The number of nitrogens with two attached hydrogens (primary N) is 1. The predicted octanol–water partition coefficient (Wildman–Crippen LogP) is 1.01. The summed E-state index contributed by atoms with van der Waals surface area (Å²) in [5.41, 5.74) is 6.03. The lowest BCUT2D eigenvalue weighted by molar-refractivity contribution is -0.305. The lowest BCUT2D eigenvalue weighted by Crippen LogP contribution is -2.60. The Morgan fingerprint density at radius 1 is 0.676 bits per heavy atom. The zero-order valence-corrected chi connectivity index (χ0v) is 39.4. The Balaban J connectivity index is 1.58. The molecule has 3 fully saturated rings. The molecule has 68 heavy (non-hydrogen) atoms. The molecule has 12 N–H and O–H groups in total. The third kappa shape index (κ3) is 19.4. The monoisotopic (exact) mass is 963 g/mol. The van der Waals surface area contributed by atoms with Gasteiger partial charge >= 0.3 is 5.97 Å². The van der Waals surface area contributed by atoms with Gasteiger partial charge < -0.3 is 80.6 Å². The van der Waals surface area contributed by atoms with Crippen LogP contribution in [0.15, 0.2) is 85.1 Å². The van der Waals surface area contributed by atoms with Crippen molar-refractivity contribution in [3.8, 4) is 0 Å². The molecule has 4 rings (SSSR count). The number of hydrogen-bond donors (Lipinski definition) is 11. The highest BCUT2D eigenvalue weighted by Crippen LogP contribution is 2.39. The first kappa shape index (κ1) is 57.1. The molecule has 2 bridgehead atoms. The summed E-state index contributed by atoms with van der Waals surface area (Å²) in [5, 5.41) is 109. The molecule has 4 heterocycles. The van der Waals surface area contributed by atoms with Crippen molar-refractivity contribution in [1.82, 2.24) is 4.90 Å². The summed E-state index contributed by atoms with van der Waals surface area (Å²) in [7, 11) is 0. The highest BCUT2D eigenvalue weighted by atomic mass is 16.7. The van der Waals surface area contributed by atoms with E-state index in [1.807, 2.05) is 49.5 Å². The van der Waals surface area contributed by atoms with Crippen LogP contribution >= 0.6 is 0 Å². The zero-order chi connectivity index (χ0) is 49.8. The van der Waals surface area contributed by atoms with E-state index in [-0.39, 0.29) is 50.5 Å². The minimum Gasteiger partial charge on any atom is -0.462 e. The normalized spacial score (nSPS) is 43.2.